The van der Waals surface area contributed by atoms with Crippen LogP contribution in [0, 0.1) is 12.8 Å². The van der Waals surface area contributed by atoms with Gasteiger partial charge in [0.2, 0.25) is 5.82 Å². The van der Waals surface area contributed by atoms with Crippen molar-refractivity contribution in [1.82, 2.24) is 25.2 Å². The Hall–Kier alpha value is -2.54. The standard InChI is InChI=1S/C22H30N6O/c1-14-9-11-27(12-10-14)19(20-24-25-26-28(20)22(3,4)5)17-13-16-8-6-7-15(2)18(16)23-21(17)29/h6-8,13-14,19H,9-12H2,1-5H3,(H,23,29)/p+1/t19-/m1/s1. The number of nitrogens with zero attached hydrogens (tertiary/aromatic N) is 4. The predicted octanol–water partition coefficient (Wildman–Crippen LogP) is 1.98. The number of aromatic amines is 1. The number of aryl methyl sites for hydroxylation is 1. The van der Waals surface area contributed by atoms with E-state index in [0.29, 0.717) is 0 Å². The van der Waals surface area contributed by atoms with Crippen molar-refractivity contribution >= 4 is 10.9 Å². The Labute approximate surface area is 171 Å². The first-order valence-corrected chi connectivity index (χ1v) is 10.5. The third-order valence-corrected chi connectivity index (χ3v) is 6.14. The molecular formula is C22H31N6O+. The van der Waals surface area contributed by atoms with Crippen LogP contribution in [0.3, 0.4) is 0 Å². The van der Waals surface area contributed by atoms with Crippen LogP contribution in [0.1, 0.15) is 63.5 Å². The third-order valence-electron chi connectivity index (χ3n) is 6.14. The van der Waals surface area contributed by atoms with Gasteiger partial charge in [0.25, 0.3) is 5.56 Å². The molecule has 3 heterocycles. The average Bonchev–Trinajstić information content (AvgIpc) is 3.15. The summed E-state index contributed by atoms with van der Waals surface area (Å²) >= 11 is 0. The number of pyridine rings is 1. The number of tetrazole rings is 1. The summed E-state index contributed by atoms with van der Waals surface area (Å²) in [6, 6.07) is 7.96. The van der Waals surface area contributed by atoms with Crippen LogP contribution >= 0.6 is 0 Å². The van der Waals surface area contributed by atoms with E-state index in [4.69, 9.17) is 0 Å². The van der Waals surface area contributed by atoms with E-state index in [-0.39, 0.29) is 17.1 Å². The van der Waals surface area contributed by atoms with E-state index in [1.165, 1.54) is 4.90 Å². The average molecular weight is 396 g/mol. The zero-order valence-corrected chi connectivity index (χ0v) is 18.0. The minimum Gasteiger partial charge on any atom is -0.322 e. The van der Waals surface area contributed by atoms with Gasteiger partial charge in [-0.1, -0.05) is 25.1 Å². The van der Waals surface area contributed by atoms with Gasteiger partial charge in [0.05, 0.1) is 29.7 Å². The number of hydrogen-bond donors (Lipinski definition) is 2. The fourth-order valence-corrected chi connectivity index (χ4v) is 4.43. The molecule has 1 aromatic carbocycles. The van der Waals surface area contributed by atoms with E-state index in [0.717, 1.165) is 59.7 Å². The number of piperidine rings is 1. The molecule has 154 valence electrons. The predicted molar refractivity (Wildman–Crippen MR) is 113 cm³/mol. The van der Waals surface area contributed by atoms with Gasteiger partial charge in [-0.2, -0.15) is 0 Å². The quantitative estimate of drug-likeness (QED) is 0.711. The summed E-state index contributed by atoms with van der Waals surface area (Å²) in [5.41, 5.74) is 2.40. The number of fused-ring (bicyclic) bond motifs is 1. The van der Waals surface area contributed by atoms with E-state index in [1.807, 2.05) is 29.8 Å². The van der Waals surface area contributed by atoms with Gasteiger partial charge in [-0.3, -0.25) is 4.79 Å². The van der Waals surface area contributed by atoms with Crippen LogP contribution in [0.4, 0.5) is 0 Å². The van der Waals surface area contributed by atoms with E-state index >= 15 is 0 Å². The Balaban J connectivity index is 1.90. The molecular weight excluding hydrogens is 364 g/mol. The summed E-state index contributed by atoms with van der Waals surface area (Å²) in [6.07, 6.45) is 2.29. The van der Waals surface area contributed by atoms with Gasteiger partial charge < -0.3 is 9.88 Å². The van der Waals surface area contributed by atoms with E-state index in [9.17, 15) is 4.79 Å². The fourth-order valence-electron chi connectivity index (χ4n) is 4.43. The first kappa shape index (κ1) is 19.8. The Morgan fingerprint density at radius 1 is 1.24 bits per heavy atom. The maximum atomic E-state index is 13.2. The van der Waals surface area contributed by atoms with E-state index in [1.54, 1.807) is 0 Å². The number of likely N-dealkylation sites (tertiary alicyclic amines) is 1. The highest BCUT2D eigenvalue weighted by molar-refractivity contribution is 5.82. The normalized spacial score (nSPS) is 21.4. The van der Waals surface area contributed by atoms with Gasteiger partial charge in [-0.15, -0.1) is 5.10 Å². The van der Waals surface area contributed by atoms with Gasteiger partial charge in [0.15, 0.2) is 6.04 Å². The van der Waals surface area contributed by atoms with Crippen LogP contribution in [0.2, 0.25) is 0 Å². The summed E-state index contributed by atoms with van der Waals surface area (Å²) in [5, 5.41) is 13.7. The van der Waals surface area contributed by atoms with Crippen molar-refractivity contribution in [1.29, 1.82) is 0 Å². The molecule has 2 aromatic heterocycles. The minimum atomic E-state index is -0.264. The molecule has 29 heavy (non-hydrogen) atoms. The Morgan fingerprint density at radius 2 is 1.97 bits per heavy atom. The number of hydrogen-bond acceptors (Lipinski definition) is 4. The highest BCUT2D eigenvalue weighted by Gasteiger charge is 2.37. The molecule has 0 saturated carbocycles. The molecule has 4 rings (SSSR count). The molecule has 1 fully saturated rings. The Morgan fingerprint density at radius 3 is 2.66 bits per heavy atom. The van der Waals surface area contributed by atoms with Crippen molar-refractivity contribution in [3.05, 3.63) is 51.6 Å². The van der Waals surface area contributed by atoms with Crippen LogP contribution in [0.15, 0.2) is 29.1 Å². The second kappa shape index (κ2) is 7.37. The number of nitrogens with one attached hydrogen (secondary N) is 2. The van der Waals surface area contributed by atoms with Gasteiger partial charge >= 0.3 is 0 Å². The summed E-state index contributed by atoms with van der Waals surface area (Å²) in [6.45, 7) is 12.6. The molecule has 0 unspecified atom stereocenters. The Kier molecular flexibility index (Phi) is 5.02. The second-order valence-electron chi connectivity index (χ2n) is 9.49. The van der Waals surface area contributed by atoms with Crippen LogP contribution in [-0.4, -0.2) is 38.3 Å². The summed E-state index contributed by atoms with van der Waals surface area (Å²) in [4.78, 5) is 17.7. The monoisotopic (exact) mass is 395 g/mol. The number of H-pyrrole nitrogens is 1. The summed E-state index contributed by atoms with van der Waals surface area (Å²) < 4.78 is 1.88. The highest BCUT2D eigenvalue weighted by atomic mass is 16.1. The molecule has 1 atom stereocenters. The molecule has 1 aliphatic heterocycles. The lowest BCUT2D eigenvalue weighted by Gasteiger charge is -2.34. The van der Waals surface area contributed by atoms with Crippen molar-refractivity contribution in [2.24, 2.45) is 5.92 Å². The van der Waals surface area contributed by atoms with Crippen LogP contribution in [-0.2, 0) is 5.54 Å². The molecule has 0 bridgehead atoms. The fraction of sp³-hybridized carbons (Fsp3) is 0.545. The Bertz CT molecular complexity index is 1070. The molecule has 0 spiro atoms. The van der Waals surface area contributed by atoms with E-state index < -0.39 is 0 Å². The maximum Gasteiger partial charge on any atom is 0.258 e. The lowest BCUT2D eigenvalue weighted by atomic mass is 9.94. The smallest absolute Gasteiger partial charge is 0.258 e. The summed E-state index contributed by atoms with van der Waals surface area (Å²) in [7, 11) is 0. The second-order valence-corrected chi connectivity index (χ2v) is 9.49. The third kappa shape index (κ3) is 3.71. The van der Waals surface area contributed by atoms with Gasteiger partial charge in [0, 0.05) is 0 Å². The summed E-state index contributed by atoms with van der Waals surface area (Å²) in [5.74, 6) is 1.48. The lowest BCUT2D eigenvalue weighted by molar-refractivity contribution is -0.932. The molecule has 7 nitrogen and oxygen atoms in total. The first-order valence-electron chi connectivity index (χ1n) is 10.5. The zero-order chi connectivity index (χ0) is 20.8. The number of aromatic nitrogens is 5. The molecule has 0 aliphatic carbocycles. The van der Waals surface area contributed by atoms with Gasteiger partial charge in [-0.05, 0) is 73.9 Å². The van der Waals surface area contributed by atoms with Crippen LogP contribution in [0.25, 0.3) is 10.9 Å². The van der Waals surface area contributed by atoms with Gasteiger partial charge in [0.1, 0.15) is 0 Å². The van der Waals surface area contributed by atoms with Crippen molar-refractivity contribution < 1.29 is 4.90 Å². The first-order chi connectivity index (χ1) is 13.8. The lowest BCUT2D eigenvalue weighted by Crippen LogP contribution is -3.13. The van der Waals surface area contributed by atoms with E-state index in [2.05, 4.69) is 54.3 Å². The van der Waals surface area contributed by atoms with Crippen LogP contribution in [0.5, 0.6) is 0 Å². The van der Waals surface area contributed by atoms with Crippen molar-refractivity contribution in [3.8, 4) is 0 Å². The van der Waals surface area contributed by atoms with Crippen molar-refractivity contribution in [3.63, 3.8) is 0 Å². The largest absolute Gasteiger partial charge is 0.322 e. The molecule has 0 radical (unpaired) electrons. The molecule has 3 aromatic rings. The highest BCUT2D eigenvalue weighted by Crippen LogP contribution is 2.24. The van der Waals surface area contributed by atoms with Gasteiger partial charge in [-0.25, -0.2) is 4.68 Å². The minimum absolute atomic E-state index is 0.0496. The zero-order valence-electron chi connectivity index (χ0n) is 18.0. The molecule has 0 amide bonds. The molecule has 7 heteroatoms. The molecule has 2 N–H and O–H groups in total. The topological polar surface area (TPSA) is 80.9 Å². The SMILES string of the molecule is Cc1cccc2cc([C@H](c3nnnn3C(C)(C)C)[NH+]3CCC(C)CC3)c(=O)[nH]c12. The number of para-hydroxylation sites is 1. The molecule has 1 aliphatic rings. The maximum absolute atomic E-state index is 13.2. The number of benzene rings is 1. The molecule has 1 saturated heterocycles. The van der Waals surface area contributed by atoms with Crippen molar-refractivity contribution in [2.45, 2.75) is 59.0 Å². The van der Waals surface area contributed by atoms with Crippen molar-refractivity contribution in [2.75, 3.05) is 13.1 Å². The van der Waals surface area contributed by atoms with Crippen LogP contribution < -0.4 is 10.5 Å². The number of quaternary nitrogens is 1. The number of rotatable bonds is 3.